The van der Waals surface area contributed by atoms with E-state index in [1.165, 1.54) is 16.9 Å². The second-order valence-corrected chi connectivity index (χ2v) is 6.83. The number of aryl methyl sites for hydroxylation is 1. The quantitative estimate of drug-likeness (QED) is 0.687. The molecule has 1 amide bonds. The first-order valence-electron chi connectivity index (χ1n) is 9.19. The third kappa shape index (κ3) is 4.03. The average molecular weight is 381 g/mol. The maximum Gasteiger partial charge on any atom is 0.246 e. The highest BCUT2D eigenvalue weighted by Gasteiger charge is 2.25. The number of rotatable bonds is 4. The number of aromatic nitrogens is 6. The molecule has 1 saturated heterocycles. The molecule has 0 atom stereocenters. The van der Waals surface area contributed by atoms with Gasteiger partial charge in [-0.25, -0.2) is 14.4 Å². The van der Waals surface area contributed by atoms with E-state index in [2.05, 4.69) is 25.4 Å². The monoisotopic (exact) mass is 381 g/mol. The van der Waals surface area contributed by atoms with E-state index in [0.29, 0.717) is 30.4 Å². The van der Waals surface area contributed by atoms with Gasteiger partial charge in [-0.15, -0.1) is 10.2 Å². The van der Waals surface area contributed by atoms with Crippen molar-refractivity contribution in [2.24, 2.45) is 0 Å². The largest absolute Gasteiger partial charge is 0.341 e. The number of carbonyl (C=O) groups is 1. The average Bonchev–Trinajstić information content (AvgIpc) is 3.17. The van der Waals surface area contributed by atoms with Gasteiger partial charge in [0.05, 0.1) is 0 Å². The molecule has 28 heavy (non-hydrogen) atoms. The lowest BCUT2D eigenvalue weighted by molar-refractivity contribution is -0.133. The molecule has 0 N–H and O–H groups in total. The maximum atomic E-state index is 13.0. The Labute approximate surface area is 161 Å². The lowest BCUT2D eigenvalue weighted by Gasteiger charge is -2.31. The molecule has 8 nitrogen and oxygen atoms in total. The number of piperidine rings is 1. The van der Waals surface area contributed by atoms with Crippen molar-refractivity contribution in [1.82, 2.24) is 35.1 Å². The van der Waals surface area contributed by atoms with Crippen LogP contribution >= 0.6 is 0 Å². The number of benzene rings is 1. The molecule has 9 heteroatoms. The van der Waals surface area contributed by atoms with Gasteiger partial charge in [0.1, 0.15) is 18.2 Å². The van der Waals surface area contributed by atoms with Gasteiger partial charge < -0.3 is 4.90 Å². The van der Waals surface area contributed by atoms with Crippen molar-refractivity contribution in [2.75, 3.05) is 13.1 Å². The third-order valence-corrected chi connectivity index (χ3v) is 4.90. The van der Waals surface area contributed by atoms with Gasteiger partial charge in [0, 0.05) is 36.5 Å². The van der Waals surface area contributed by atoms with Gasteiger partial charge in [0.2, 0.25) is 11.7 Å². The Morgan fingerprint density at radius 2 is 1.93 bits per heavy atom. The van der Waals surface area contributed by atoms with E-state index in [9.17, 15) is 9.18 Å². The van der Waals surface area contributed by atoms with Gasteiger partial charge in [-0.1, -0.05) is 0 Å². The van der Waals surface area contributed by atoms with E-state index in [1.807, 2.05) is 17.9 Å². The molecule has 0 radical (unpaired) electrons. The number of amides is 1. The van der Waals surface area contributed by atoms with Crippen LogP contribution in [-0.2, 0) is 11.3 Å². The van der Waals surface area contributed by atoms with E-state index < -0.39 is 0 Å². The second kappa shape index (κ2) is 7.79. The summed E-state index contributed by atoms with van der Waals surface area (Å²) >= 11 is 0. The molecule has 4 rings (SSSR count). The van der Waals surface area contributed by atoms with Gasteiger partial charge in [-0.05, 0) is 55.3 Å². The number of hydrogen-bond donors (Lipinski definition) is 0. The lowest BCUT2D eigenvalue weighted by Crippen LogP contribution is -2.40. The van der Waals surface area contributed by atoms with Gasteiger partial charge >= 0.3 is 0 Å². The standard InChI is InChI=1S/C19H20FN7O/c1-13-21-9-6-17(22-13)14-7-10-26(11-8-14)18(28)12-27-24-19(23-25-27)15-2-4-16(20)5-3-15/h2-6,9,14H,7-8,10-12H2,1H3. The molecule has 1 aliphatic heterocycles. The topological polar surface area (TPSA) is 89.7 Å². The highest BCUT2D eigenvalue weighted by molar-refractivity contribution is 5.76. The van der Waals surface area contributed by atoms with Crippen LogP contribution in [0.25, 0.3) is 11.4 Å². The summed E-state index contributed by atoms with van der Waals surface area (Å²) < 4.78 is 13.0. The number of hydrogen-bond acceptors (Lipinski definition) is 6. The zero-order chi connectivity index (χ0) is 19.5. The molecule has 1 fully saturated rings. The van der Waals surface area contributed by atoms with Gasteiger partial charge in [-0.2, -0.15) is 4.80 Å². The van der Waals surface area contributed by atoms with Gasteiger partial charge in [0.25, 0.3) is 0 Å². The molecule has 0 bridgehead atoms. The smallest absolute Gasteiger partial charge is 0.246 e. The van der Waals surface area contributed by atoms with Crippen molar-refractivity contribution in [3.8, 4) is 11.4 Å². The van der Waals surface area contributed by atoms with Crippen LogP contribution in [-0.4, -0.2) is 54.1 Å². The Balaban J connectivity index is 1.34. The fourth-order valence-corrected chi connectivity index (χ4v) is 3.37. The van der Waals surface area contributed by atoms with Crippen LogP contribution < -0.4 is 0 Å². The molecule has 1 aliphatic rings. The fourth-order valence-electron chi connectivity index (χ4n) is 3.37. The molecule has 1 aromatic carbocycles. The molecule has 3 heterocycles. The second-order valence-electron chi connectivity index (χ2n) is 6.83. The highest BCUT2D eigenvalue weighted by atomic mass is 19.1. The number of halogens is 1. The van der Waals surface area contributed by atoms with Crippen LogP contribution in [0.3, 0.4) is 0 Å². The van der Waals surface area contributed by atoms with Crippen LogP contribution in [0.15, 0.2) is 36.5 Å². The SMILES string of the molecule is Cc1nccc(C2CCN(C(=O)Cn3nnc(-c4ccc(F)cc4)n3)CC2)n1. The minimum Gasteiger partial charge on any atom is -0.341 e. The summed E-state index contributed by atoms with van der Waals surface area (Å²) in [5, 5.41) is 12.1. The van der Waals surface area contributed by atoms with E-state index in [-0.39, 0.29) is 18.3 Å². The minimum absolute atomic E-state index is 0.0332. The summed E-state index contributed by atoms with van der Waals surface area (Å²) in [6.07, 6.45) is 3.52. The van der Waals surface area contributed by atoms with Crippen molar-refractivity contribution in [3.05, 3.63) is 53.9 Å². The zero-order valence-electron chi connectivity index (χ0n) is 15.5. The molecule has 0 aliphatic carbocycles. The van der Waals surface area contributed by atoms with Crippen LogP contribution in [0.5, 0.6) is 0 Å². The van der Waals surface area contributed by atoms with Crippen LogP contribution in [0.2, 0.25) is 0 Å². The molecule has 3 aromatic rings. The molecule has 2 aromatic heterocycles. The van der Waals surface area contributed by atoms with E-state index in [4.69, 9.17) is 0 Å². The Morgan fingerprint density at radius 3 is 2.64 bits per heavy atom. The summed E-state index contributed by atoms with van der Waals surface area (Å²) in [6, 6.07) is 7.79. The summed E-state index contributed by atoms with van der Waals surface area (Å²) in [4.78, 5) is 24.3. The van der Waals surface area contributed by atoms with E-state index in [1.54, 1.807) is 18.3 Å². The first-order valence-corrected chi connectivity index (χ1v) is 9.19. The van der Waals surface area contributed by atoms with Crippen molar-refractivity contribution in [1.29, 1.82) is 0 Å². The minimum atomic E-state index is -0.327. The van der Waals surface area contributed by atoms with Crippen LogP contribution in [0.4, 0.5) is 4.39 Å². The van der Waals surface area contributed by atoms with Crippen LogP contribution in [0.1, 0.15) is 30.3 Å². The van der Waals surface area contributed by atoms with E-state index in [0.717, 1.165) is 24.4 Å². The molecule has 144 valence electrons. The van der Waals surface area contributed by atoms with E-state index >= 15 is 0 Å². The summed E-state index contributed by atoms with van der Waals surface area (Å²) in [5.74, 6) is 1.11. The van der Waals surface area contributed by atoms with Crippen molar-refractivity contribution >= 4 is 5.91 Å². The van der Waals surface area contributed by atoms with Gasteiger partial charge in [0.15, 0.2) is 0 Å². The first-order chi connectivity index (χ1) is 13.6. The predicted molar refractivity (Wildman–Crippen MR) is 98.5 cm³/mol. The summed E-state index contributed by atoms with van der Waals surface area (Å²) in [6.45, 7) is 3.26. The third-order valence-electron chi connectivity index (χ3n) is 4.90. The number of nitrogens with zero attached hydrogens (tertiary/aromatic N) is 7. The Morgan fingerprint density at radius 1 is 1.18 bits per heavy atom. The van der Waals surface area contributed by atoms with Crippen molar-refractivity contribution in [3.63, 3.8) is 0 Å². The first kappa shape index (κ1) is 18.1. The Hall–Kier alpha value is -3.23. The number of tetrazole rings is 1. The molecule has 0 unspecified atom stereocenters. The zero-order valence-corrected chi connectivity index (χ0v) is 15.5. The normalized spacial score (nSPS) is 15.0. The fraction of sp³-hybridized carbons (Fsp3) is 0.368. The Bertz CT molecular complexity index is 964. The number of carbonyl (C=O) groups excluding carboxylic acids is 1. The molecular weight excluding hydrogens is 361 g/mol. The summed E-state index contributed by atoms with van der Waals surface area (Å²) in [5.41, 5.74) is 1.70. The number of likely N-dealkylation sites (tertiary alicyclic amines) is 1. The molecular formula is C19H20FN7O. The Kier molecular flexibility index (Phi) is 5.05. The molecule has 0 saturated carbocycles. The van der Waals surface area contributed by atoms with Gasteiger partial charge in [-0.3, -0.25) is 4.79 Å². The lowest BCUT2D eigenvalue weighted by atomic mass is 9.93. The predicted octanol–water partition coefficient (Wildman–Crippen LogP) is 1.98. The summed E-state index contributed by atoms with van der Waals surface area (Å²) in [7, 11) is 0. The highest BCUT2D eigenvalue weighted by Crippen LogP contribution is 2.26. The van der Waals surface area contributed by atoms with Crippen molar-refractivity contribution in [2.45, 2.75) is 32.2 Å². The molecule has 0 spiro atoms. The van der Waals surface area contributed by atoms with Crippen molar-refractivity contribution < 1.29 is 9.18 Å². The maximum absolute atomic E-state index is 13.0. The van der Waals surface area contributed by atoms with Crippen LogP contribution in [0, 0.1) is 12.7 Å².